The van der Waals surface area contributed by atoms with Crippen LogP contribution in [0, 0.1) is 0 Å². The summed E-state index contributed by atoms with van der Waals surface area (Å²) in [5.41, 5.74) is 2.33. The van der Waals surface area contributed by atoms with Gasteiger partial charge in [0.1, 0.15) is 0 Å². The lowest BCUT2D eigenvalue weighted by atomic mass is 10.1. The van der Waals surface area contributed by atoms with E-state index in [4.69, 9.17) is 0 Å². The second-order valence-corrected chi connectivity index (χ2v) is 5.99. The van der Waals surface area contributed by atoms with E-state index >= 15 is 0 Å². The third-order valence-corrected chi connectivity index (χ3v) is 4.63. The zero-order chi connectivity index (χ0) is 14.1. The lowest BCUT2D eigenvalue weighted by Crippen LogP contribution is -1.97. The summed E-state index contributed by atoms with van der Waals surface area (Å²) < 4.78 is 1.25. The van der Waals surface area contributed by atoms with E-state index < -0.39 is 0 Å². The maximum absolute atomic E-state index is 4.69. The van der Waals surface area contributed by atoms with Gasteiger partial charge in [0.15, 0.2) is 5.13 Å². The van der Waals surface area contributed by atoms with Crippen LogP contribution in [0.4, 0.5) is 5.13 Å². The number of hydrogen-bond acceptors (Lipinski definition) is 3. The molecule has 3 aromatic carbocycles. The van der Waals surface area contributed by atoms with Crippen molar-refractivity contribution < 1.29 is 0 Å². The number of thiazole rings is 1. The first-order valence-electron chi connectivity index (χ1n) is 6.96. The van der Waals surface area contributed by atoms with Gasteiger partial charge in [-0.15, -0.1) is 0 Å². The van der Waals surface area contributed by atoms with Crippen LogP contribution in [0.3, 0.4) is 0 Å². The van der Waals surface area contributed by atoms with E-state index in [9.17, 15) is 0 Å². The minimum absolute atomic E-state index is 0.804. The molecule has 3 heteroatoms. The molecule has 0 radical (unpaired) electrons. The lowest BCUT2D eigenvalue weighted by Gasteiger charge is -2.01. The van der Waals surface area contributed by atoms with Crippen molar-refractivity contribution in [2.45, 2.75) is 6.54 Å². The van der Waals surface area contributed by atoms with Gasteiger partial charge in [-0.25, -0.2) is 4.98 Å². The third-order valence-electron chi connectivity index (χ3n) is 3.57. The van der Waals surface area contributed by atoms with E-state index in [0.29, 0.717) is 0 Å². The van der Waals surface area contributed by atoms with Crippen molar-refractivity contribution in [3.63, 3.8) is 0 Å². The molecule has 0 unspecified atom stereocenters. The van der Waals surface area contributed by atoms with Crippen LogP contribution in [-0.2, 0) is 6.54 Å². The minimum atomic E-state index is 0.804. The maximum atomic E-state index is 4.69. The molecule has 0 aliphatic rings. The van der Waals surface area contributed by atoms with Crippen LogP contribution in [0.15, 0.2) is 66.7 Å². The van der Waals surface area contributed by atoms with Gasteiger partial charge in [0.2, 0.25) is 0 Å². The summed E-state index contributed by atoms with van der Waals surface area (Å²) >= 11 is 1.72. The number of rotatable bonds is 3. The summed E-state index contributed by atoms with van der Waals surface area (Å²) in [6.07, 6.45) is 0. The molecule has 0 amide bonds. The van der Waals surface area contributed by atoms with Crippen LogP contribution < -0.4 is 5.32 Å². The van der Waals surface area contributed by atoms with Crippen LogP contribution in [0.25, 0.3) is 21.0 Å². The Morgan fingerprint density at radius 1 is 0.857 bits per heavy atom. The summed E-state index contributed by atoms with van der Waals surface area (Å²) in [6.45, 7) is 0.804. The van der Waals surface area contributed by atoms with Crippen LogP contribution >= 0.6 is 11.3 Å². The van der Waals surface area contributed by atoms with E-state index in [1.807, 2.05) is 6.07 Å². The molecular weight excluding hydrogens is 276 g/mol. The molecule has 1 heterocycles. The number of aromatic nitrogens is 1. The molecule has 1 N–H and O–H groups in total. The van der Waals surface area contributed by atoms with E-state index in [2.05, 4.69) is 71.0 Å². The Hall–Kier alpha value is -2.39. The number of nitrogens with one attached hydrogen (secondary N) is 1. The molecule has 0 bridgehead atoms. The van der Waals surface area contributed by atoms with Gasteiger partial charge in [0.05, 0.1) is 10.2 Å². The highest BCUT2D eigenvalue weighted by atomic mass is 32.1. The Morgan fingerprint density at radius 2 is 1.67 bits per heavy atom. The van der Waals surface area contributed by atoms with E-state index in [1.165, 1.54) is 21.0 Å². The van der Waals surface area contributed by atoms with Crippen molar-refractivity contribution in [3.8, 4) is 0 Å². The molecular formula is C18H14N2S. The predicted octanol–water partition coefficient (Wildman–Crippen LogP) is 5.06. The molecule has 0 aliphatic heterocycles. The molecule has 2 nitrogen and oxygen atoms in total. The van der Waals surface area contributed by atoms with Crippen LogP contribution in [0.2, 0.25) is 0 Å². The Bertz CT molecular complexity index is 897. The molecule has 0 aliphatic carbocycles. The van der Waals surface area contributed by atoms with Crippen LogP contribution in [0.1, 0.15) is 5.56 Å². The summed E-state index contributed by atoms with van der Waals surface area (Å²) in [5, 5.41) is 6.94. The Kier molecular flexibility index (Phi) is 3.05. The first kappa shape index (κ1) is 12.4. The Balaban J connectivity index is 1.69. The molecule has 21 heavy (non-hydrogen) atoms. The summed E-state index contributed by atoms with van der Waals surface area (Å²) in [6, 6.07) is 23.1. The fourth-order valence-corrected chi connectivity index (χ4v) is 3.50. The SMILES string of the molecule is c1ccc(CNc2nc3ccc4ccccc4c3s2)cc1. The van der Waals surface area contributed by atoms with Gasteiger partial charge in [-0.05, 0) is 17.0 Å². The topological polar surface area (TPSA) is 24.9 Å². The zero-order valence-electron chi connectivity index (χ0n) is 11.4. The monoisotopic (exact) mass is 290 g/mol. The average Bonchev–Trinajstić information content (AvgIpc) is 2.97. The lowest BCUT2D eigenvalue weighted by molar-refractivity contribution is 1.14. The summed E-state index contributed by atoms with van der Waals surface area (Å²) in [5.74, 6) is 0. The van der Waals surface area contributed by atoms with Crippen LogP contribution in [0.5, 0.6) is 0 Å². The minimum Gasteiger partial charge on any atom is -0.357 e. The van der Waals surface area contributed by atoms with Gasteiger partial charge in [-0.3, -0.25) is 0 Å². The maximum Gasteiger partial charge on any atom is 0.184 e. The average molecular weight is 290 g/mol. The van der Waals surface area contributed by atoms with Crippen molar-refractivity contribution >= 4 is 37.5 Å². The first-order valence-corrected chi connectivity index (χ1v) is 7.78. The van der Waals surface area contributed by atoms with E-state index in [-0.39, 0.29) is 0 Å². The number of benzene rings is 3. The van der Waals surface area contributed by atoms with Crippen molar-refractivity contribution in [1.29, 1.82) is 0 Å². The van der Waals surface area contributed by atoms with E-state index in [1.54, 1.807) is 11.3 Å². The zero-order valence-corrected chi connectivity index (χ0v) is 12.2. The summed E-state index contributed by atoms with van der Waals surface area (Å²) in [4.78, 5) is 4.69. The standard InChI is InChI=1S/C18H14N2S/c1-2-6-13(7-3-1)12-19-18-20-16-11-10-14-8-4-5-9-15(14)17(16)21-18/h1-11H,12H2,(H,19,20). The first-order chi connectivity index (χ1) is 10.4. The van der Waals surface area contributed by atoms with Gasteiger partial charge in [0.25, 0.3) is 0 Å². The fourth-order valence-electron chi connectivity index (χ4n) is 2.50. The predicted molar refractivity (Wildman–Crippen MR) is 90.9 cm³/mol. The smallest absolute Gasteiger partial charge is 0.184 e. The number of nitrogens with zero attached hydrogens (tertiary/aromatic N) is 1. The quantitative estimate of drug-likeness (QED) is 0.570. The normalized spacial score (nSPS) is 11.0. The number of hydrogen-bond donors (Lipinski definition) is 1. The Labute approximate surface area is 127 Å². The van der Waals surface area contributed by atoms with Crippen molar-refractivity contribution in [3.05, 3.63) is 72.3 Å². The van der Waals surface area contributed by atoms with Crippen molar-refractivity contribution in [2.24, 2.45) is 0 Å². The van der Waals surface area contributed by atoms with Gasteiger partial charge in [0, 0.05) is 11.9 Å². The molecule has 4 rings (SSSR count). The van der Waals surface area contributed by atoms with Crippen molar-refractivity contribution in [2.75, 3.05) is 5.32 Å². The second-order valence-electron chi connectivity index (χ2n) is 4.99. The number of fused-ring (bicyclic) bond motifs is 3. The third kappa shape index (κ3) is 2.36. The molecule has 0 fully saturated rings. The second kappa shape index (κ2) is 5.19. The van der Waals surface area contributed by atoms with E-state index in [0.717, 1.165) is 17.2 Å². The molecule has 0 saturated carbocycles. The van der Waals surface area contributed by atoms with Crippen LogP contribution in [-0.4, -0.2) is 4.98 Å². The highest BCUT2D eigenvalue weighted by Crippen LogP contribution is 2.32. The highest BCUT2D eigenvalue weighted by molar-refractivity contribution is 7.23. The molecule has 4 aromatic rings. The van der Waals surface area contributed by atoms with Gasteiger partial charge < -0.3 is 5.32 Å². The summed E-state index contributed by atoms with van der Waals surface area (Å²) in [7, 11) is 0. The van der Waals surface area contributed by atoms with Crippen molar-refractivity contribution in [1.82, 2.24) is 4.98 Å². The molecule has 0 atom stereocenters. The largest absolute Gasteiger partial charge is 0.357 e. The molecule has 1 aromatic heterocycles. The highest BCUT2D eigenvalue weighted by Gasteiger charge is 2.06. The molecule has 0 spiro atoms. The fraction of sp³-hybridized carbons (Fsp3) is 0.0556. The molecule has 0 saturated heterocycles. The molecule has 102 valence electrons. The van der Waals surface area contributed by atoms with Gasteiger partial charge in [-0.2, -0.15) is 0 Å². The number of anilines is 1. The van der Waals surface area contributed by atoms with Gasteiger partial charge >= 0.3 is 0 Å². The van der Waals surface area contributed by atoms with Gasteiger partial charge in [-0.1, -0.05) is 72.0 Å². The Morgan fingerprint density at radius 3 is 2.57 bits per heavy atom.